The Bertz CT molecular complexity index is 575. The zero-order chi connectivity index (χ0) is 13.7. The molecule has 1 heterocycles. The lowest BCUT2D eigenvalue weighted by Crippen LogP contribution is -2.13. The average molecular weight is 278 g/mol. The number of rotatable bonds is 4. The summed E-state index contributed by atoms with van der Waals surface area (Å²) in [5.41, 5.74) is 0.816. The molecule has 0 fully saturated rings. The maximum absolute atomic E-state index is 11.8. The molecule has 1 N–H and O–H groups in total. The highest BCUT2D eigenvalue weighted by molar-refractivity contribution is 6.32. The third kappa shape index (κ3) is 3.42. The van der Waals surface area contributed by atoms with Crippen molar-refractivity contribution in [1.29, 1.82) is 0 Å². The van der Waals surface area contributed by atoms with Gasteiger partial charge in [0, 0.05) is 18.1 Å². The first kappa shape index (κ1) is 13.3. The van der Waals surface area contributed by atoms with E-state index in [-0.39, 0.29) is 11.6 Å². The quantitative estimate of drug-likeness (QED) is 0.933. The van der Waals surface area contributed by atoms with Crippen molar-refractivity contribution in [2.24, 2.45) is 0 Å². The molecule has 6 heteroatoms. The van der Waals surface area contributed by atoms with Crippen molar-refractivity contribution in [2.75, 3.05) is 11.9 Å². The molecular weight excluding hydrogens is 266 g/mol. The summed E-state index contributed by atoms with van der Waals surface area (Å²) in [5, 5.41) is 3.13. The summed E-state index contributed by atoms with van der Waals surface area (Å²) in [6.45, 7) is 2.41. The van der Waals surface area contributed by atoms with E-state index in [0.717, 1.165) is 0 Å². The van der Waals surface area contributed by atoms with E-state index in [1.165, 1.54) is 18.6 Å². The normalized spacial score (nSPS) is 10.0. The predicted octanol–water partition coefficient (Wildman–Crippen LogP) is 2.78. The first-order valence-electron chi connectivity index (χ1n) is 5.70. The molecule has 0 radical (unpaired) electrons. The summed E-state index contributed by atoms with van der Waals surface area (Å²) in [6.07, 6.45) is 4.36. The lowest BCUT2D eigenvalue weighted by molar-refractivity contribution is 0.102. The number of amides is 1. The molecular formula is C13H12ClN3O2. The van der Waals surface area contributed by atoms with Crippen LogP contribution in [-0.2, 0) is 0 Å². The van der Waals surface area contributed by atoms with Gasteiger partial charge in [-0.3, -0.25) is 9.78 Å². The van der Waals surface area contributed by atoms with Gasteiger partial charge in [-0.1, -0.05) is 11.6 Å². The van der Waals surface area contributed by atoms with Gasteiger partial charge in [0.05, 0.1) is 17.8 Å². The number of aromatic nitrogens is 2. The van der Waals surface area contributed by atoms with Crippen LogP contribution in [0.25, 0.3) is 0 Å². The zero-order valence-electron chi connectivity index (χ0n) is 10.3. The molecule has 0 aliphatic rings. The van der Waals surface area contributed by atoms with Crippen LogP contribution in [0.15, 0.2) is 36.8 Å². The minimum absolute atomic E-state index is 0.243. The van der Waals surface area contributed by atoms with Crippen LogP contribution in [0, 0.1) is 0 Å². The molecule has 98 valence electrons. The van der Waals surface area contributed by atoms with E-state index in [0.29, 0.717) is 23.1 Å². The van der Waals surface area contributed by atoms with Gasteiger partial charge in [0.2, 0.25) is 0 Å². The first-order valence-corrected chi connectivity index (χ1v) is 6.08. The summed E-state index contributed by atoms with van der Waals surface area (Å²) in [4.78, 5) is 19.6. The highest BCUT2D eigenvalue weighted by Crippen LogP contribution is 2.27. The van der Waals surface area contributed by atoms with Crippen LogP contribution in [-0.4, -0.2) is 22.5 Å². The van der Waals surface area contributed by atoms with E-state index in [2.05, 4.69) is 15.3 Å². The second kappa shape index (κ2) is 6.15. The molecule has 0 spiro atoms. The van der Waals surface area contributed by atoms with Gasteiger partial charge in [-0.25, -0.2) is 4.98 Å². The molecule has 0 unspecified atom stereocenters. The molecule has 0 aliphatic carbocycles. The van der Waals surface area contributed by atoms with Gasteiger partial charge in [-0.2, -0.15) is 0 Å². The van der Waals surface area contributed by atoms with Crippen molar-refractivity contribution >= 4 is 23.2 Å². The smallest absolute Gasteiger partial charge is 0.275 e. The topological polar surface area (TPSA) is 64.1 Å². The van der Waals surface area contributed by atoms with Crippen LogP contribution in [0.1, 0.15) is 17.4 Å². The third-order valence-corrected chi connectivity index (χ3v) is 2.58. The van der Waals surface area contributed by atoms with E-state index >= 15 is 0 Å². The van der Waals surface area contributed by atoms with E-state index in [4.69, 9.17) is 16.3 Å². The van der Waals surface area contributed by atoms with Crippen molar-refractivity contribution < 1.29 is 9.53 Å². The average Bonchev–Trinajstić information content (AvgIpc) is 2.43. The Morgan fingerprint density at radius 1 is 1.42 bits per heavy atom. The number of anilines is 1. The summed E-state index contributed by atoms with van der Waals surface area (Å²) in [7, 11) is 0. The van der Waals surface area contributed by atoms with Crippen LogP contribution in [0.4, 0.5) is 5.69 Å². The molecule has 0 aliphatic heterocycles. The predicted molar refractivity (Wildman–Crippen MR) is 72.6 cm³/mol. The Labute approximate surface area is 115 Å². The number of carbonyl (C=O) groups is 1. The Morgan fingerprint density at radius 2 is 2.26 bits per heavy atom. The number of ether oxygens (including phenoxy) is 1. The van der Waals surface area contributed by atoms with Crippen molar-refractivity contribution in [1.82, 2.24) is 9.97 Å². The summed E-state index contributed by atoms with van der Waals surface area (Å²) in [6, 6.07) is 5.05. The zero-order valence-corrected chi connectivity index (χ0v) is 11.0. The number of nitrogens with one attached hydrogen (secondary N) is 1. The molecule has 19 heavy (non-hydrogen) atoms. The van der Waals surface area contributed by atoms with Gasteiger partial charge in [0.25, 0.3) is 5.91 Å². The maximum atomic E-state index is 11.8. The minimum Gasteiger partial charge on any atom is -0.492 e. The van der Waals surface area contributed by atoms with E-state index in [9.17, 15) is 4.79 Å². The fraction of sp³-hybridized carbons (Fsp3) is 0.154. The third-order valence-electron chi connectivity index (χ3n) is 2.29. The number of hydrogen-bond donors (Lipinski definition) is 1. The second-order valence-corrected chi connectivity index (χ2v) is 4.03. The van der Waals surface area contributed by atoms with Crippen molar-refractivity contribution in [2.45, 2.75) is 6.92 Å². The largest absolute Gasteiger partial charge is 0.492 e. The first-order chi connectivity index (χ1) is 9.20. The van der Waals surface area contributed by atoms with Gasteiger partial charge >= 0.3 is 0 Å². The van der Waals surface area contributed by atoms with Gasteiger partial charge in [0.1, 0.15) is 11.4 Å². The molecule has 0 bridgehead atoms. The van der Waals surface area contributed by atoms with Crippen molar-refractivity contribution in [3.63, 3.8) is 0 Å². The van der Waals surface area contributed by atoms with Gasteiger partial charge in [0.15, 0.2) is 0 Å². The number of hydrogen-bond acceptors (Lipinski definition) is 4. The van der Waals surface area contributed by atoms with Crippen LogP contribution < -0.4 is 10.1 Å². The highest BCUT2D eigenvalue weighted by atomic mass is 35.5. The van der Waals surface area contributed by atoms with Crippen molar-refractivity contribution in [3.05, 3.63) is 47.5 Å². The van der Waals surface area contributed by atoms with Crippen LogP contribution >= 0.6 is 11.6 Å². The number of benzene rings is 1. The van der Waals surface area contributed by atoms with Gasteiger partial charge in [-0.05, 0) is 25.1 Å². The minimum atomic E-state index is -0.340. The molecule has 2 aromatic rings. The molecule has 0 saturated carbocycles. The number of carbonyl (C=O) groups excluding carboxylic acids is 1. The number of nitrogens with zero attached hydrogens (tertiary/aromatic N) is 2. The van der Waals surface area contributed by atoms with Crippen LogP contribution in [0.5, 0.6) is 5.75 Å². The molecule has 1 amide bonds. The van der Waals surface area contributed by atoms with E-state index < -0.39 is 0 Å². The molecule has 5 nitrogen and oxygen atoms in total. The second-order valence-electron chi connectivity index (χ2n) is 3.62. The summed E-state index contributed by atoms with van der Waals surface area (Å²) >= 11 is 6.03. The Kier molecular flexibility index (Phi) is 4.30. The fourth-order valence-corrected chi connectivity index (χ4v) is 1.70. The van der Waals surface area contributed by atoms with Gasteiger partial charge < -0.3 is 10.1 Å². The monoisotopic (exact) mass is 277 g/mol. The molecule has 0 atom stereocenters. The van der Waals surface area contributed by atoms with E-state index in [1.807, 2.05) is 6.92 Å². The molecule has 2 rings (SSSR count). The Balaban J connectivity index is 2.12. The lowest BCUT2D eigenvalue weighted by Gasteiger charge is -2.08. The maximum Gasteiger partial charge on any atom is 0.275 e. The lowest BCUT2D eigenvalue weighted by atomic mass is 10.3. The van der Waals surface area contributed by atoms with E-state index in [1.54, 1.807) is 18.2 Å². The number of halogens is 1. The summed E-state index contributed by atoms with van der Waals surface area (Å²) in [5.74, 6) is 0.245. The van der Waals surface area contributed by atoms with Crippen LogP contribution in [0.3, 0.4) is 0 Å². The highest BCUT2D eigenvalue weighted by Gasteiger charge is 2.09. The Hall–Kier alpha value is -2.14. The standard InChI is InChI=1S/C13H12ClN3O2/c1-2-19-12-4-3-9(7-10(12)14)17-13(18)11-8-15-5-6-16-11/h3-8H,2H2,1H3,(H,17,18). The molecule has 0 saturated heterocycles. The van der Waals surface area contributed by atoms with Crippen molar-refractivity contribution in [3.8, 4) is 5.75 Å². The van der Waals surface area contributed by atoms with Gasteiger partial charge in [-0.15, -0.1) is 0 Å². The molecule has 1 aromatic heterocycles. The fourth-order valence-electron chi connectivity index (χ4n) is 1.46. The molecule has 1 aromatic carbocycles. The van der Waals surface area contributed by atoms with Crippen LogP contribution in [0.2, 0.25) is 5.02 Å². The SMILES string of the molecule is CCOc1ccc(NC(=O)c2cnccn2)cc1Cl. The Morgan fingerprint density at radius 3 is 2.89 bits per heavy atom. The summed E-state index contributed by atoms with van der Waals surface area (Å²) < 4.78 is 5.31.